The predicted octanol–water partition coefficient (Wildman–Crippen LogP) is -0.197. The van der Waals surface area contributed by atoms with E-state index in [0.29, 0.717) is 19.6 Å². The predicted molar refractivity (Wildman–Crippen MR) is 61.7 cm³/mol. The van der Waals surface area contributed by atoms with Gasteiger partial charge in [-0.25, -0.2) is 0 Å². The summed E-state index contributed by atoms with van der Waals surface area (Å²) in [6.45, 7) is 9.42. The molecule has 1 rings (SSSR count). The fourth-order valence-corrected chi connectivity index (χ4v) is 2.12. The Labute approximate surface area is 96.6 Å². The number of hydrogen-bond acceptors (Lipinski definition) is 3. The van der Waals surface area contributed by atoms with Gasteiger partial charge in [-0.05, 0) is 20.8 Å². The summed E-state index contributed by atoms with van der Waals surface area (Å²) in [4.78, 5) is 26.4. The van der Waals surface area contributed by atoms with Crippen LogP contribution < -0.4 is 5.73 Å². The van der Waals surface area contributed by atoms with E-state index in [1.807, 2.05) is 20.8 Å². The van der Waals surface area contributed by atoms with Crippen molar-refractivity contribution in [2.75, 3.05) is 19.6 Å². The van der Waals surface area contributed by atoms with Crippen LogP contribution in [0.3, 0.4) is 0 Å². The lowest BCUT2D eigenvalue weighted by atomic mass is 10.00. The number of primary amides is 1. The van der Waals surface area contributed by atoms with Gasteiger partial charge in [-0.1, -0.05) is 0 Å². The number of carbonyl (C=O) groups is 2. The molecule has 1 saturated heterocycles. The third-order valence-corrected chi connectivity index (χ3v) is 3.02. The lowest BCUT2D eigenvalue weighted by molar-refractivity contribution is -0.138. The second-order valence-electron chi connectivity index (χ2n) is 5.25. The Kier molecular flexibility index (Phi) is 3.57. The van der Waals surface area contributed by atoms with Gasteiger partial charge in [0.1, 0.15) is 6.04 Å². The third-order valence-electron chi connectivity index (χ3n) is 3.02. The van der Waals surface area contributed by atoms with Crippen molar-refractivity contribution in [2.24, 2.45) is 5.73 Å². The smallest absolute Gasteiger partial charge is 0.236 e. The molecule has 0 aromatic carbocycles. The van der Waals surface area contributed by atoms with E-state index in [-0.39, 0.29) is 23.4 Å². The normalized spacial score (nSPS) is 23.2. The van der Waals surface area contributed by atoms with Crippen molar-refractivity contribution in [1.29, 1.82) is 0 Å². The molecular formula is C11H21N3O2. The molecule has 5 heteroatoms. The highest BCUT2D eigenvalue weighted by Gasteiger charge is 2.37. The Bertz CT molecular complexity index is 296. The van der Waals surface area contributed by atoms with Crippen molar-refractivity contribution in [3.05, 3.63) is 0 Å². The van der Waals surface area contributed by atoms with Crippen LogP contribution in [0.4, 0.5) is 0 Å². The molecule has 0 aliphatic carbocycles. The highest BCUT2D eigenvalue weighted by molar-refractivity contribution is 5.82. The molecule has 1 heterocycles. The van der Waals surface area contributed by atoms with Crippen molar-refractivity contribution in [3.63, 3.8) is 0 Å². The van der Waals surface area contributed by atoms with Crippen LogP contribution in [-0.4, -0.2) is 52.8 Å². The third kappa shape index (κ3) is 2.72. The van der Waals surface area contributed by atoms with Crippen LogP contribution in [0.2, 0.25) is 0 Å². The van der Waals surface area contributed by atoms with Crippen LogP contribution >= 0.6 is 0 Å². The van der Waals surface area contributed by atoms with E-state index >= 15 is 0 Å². The molecule has 1 aliphatic heterocycles. The van der Waals surface area contributed by atoms with Gasteiger partial charge in [-0.15, -0.1) is 0 Å². The molecule has 0 bridgehead atoms. The van der Waals surface area contributed by atoms with E-state index in [1.54, 1.807) is 4.90 Å². The van der Waals surface area contributed by atoms with Gasteiger partial charge in [0, 0.05) is 32.1 Å². The molecule has 1 unspecified atom stereocenters. The number of amides is 2. The van der Waals surface area contributed by atoms with Crippen LogP contribution in [0.15, 0.2) is 0 Å². The van der Waals surface area contributed by atoms with Gasteiger partial charge in [0.15, 0.2) is 0 Å². The molecule has 0 aromatic heterocycles. The number of carbonyl (C=O) groups excluding carboxylic acids is 2. The Morgan fingerprint density at radius 3 is 2.19 bits per heavy atom. The molecule has 1 aliphatic rings. The molecule has 2 N–H and O–H groups in total. The van der Waals surface area contributed by atoms with Gasteiger partial charge < -0.3 is 10.6 Å². The number of nitrogens with zero attached hydrogens (tertiary/aromatic N) is 2. The summed E-state index contributed by atoms with van der Waals surface area (Å²) in [6, 6.07) is -0.377. The molecule has 92 valence electrons. The average molecular weight is 227 g/mol. The summed E-state index contributed by atoms with van der Waals surface area (Å²) >= 11 is 0. The molecule has 0 aromatic rings. The zero-order valence-electron chi connectivity index (χ0n) is 10.5. The minimum Gasteiger partial charge on any atom is -0.368 e. The molecule has 2 amide bonds. The average Bonchev–Trinajstić information content (AvgIpc) is 2.15. The highest BCUT2D eigenvalue weighted by Crippen LogP contribution is 2.20. The summed E-state index contributed by atoms with van der Waals surface area (Å²) in [5, 5.41) is 0. The van der Waals surface area contributed by atoms with Crippen LogP contribution in [0.25, 0.3) is 0 Å². The molecule has 1 atom stereocenters. The monoisotopic (exact) mass is 227 g/mol. The summed E-state index contributed by atoms with van der Waals surface area (Å²) in [5.41, 5.74) is 5.29. The topological polar surface area (TPSA) is 66.6 Å². The molecule has 0 saturated carbocycles. The van der Waals surface area contributed by atoms with Crippen LogP contribution in [0.5, 0.6) is 0 Å². The van der Waals surface area contributed by atoms with Crippen molar-refractivity contribution in [3.8, 4) is 0 Å². The molecule has 16 heavy (non-hydrogen) atoms. The summed E-state index contributed by atoms with van der Waals surface area (Å²) in [7, 11) is 0. The fraction of sp³-hybridized carbons (Fsp3) is 0.818. The number of nitrogens with two attached hydrogens (primary N) is 1. The standard InChI is InChI=1S/C11H21N3O2/c1-8(15)13-5-6-14(11(2,3)4)9(7-13)10(12)16/h9H,5-7H2,1-4H3,(H2,12,16). The van der Waals surface area contributed by atoms with Crippen molar-refractivity contribution in [2.45, 2.75) is 39.3 Å². The Morgan fingerprint density at radius 1 is 1.25 bits per heavy atom. The van der Waals surface area contributed by atoms with Crippen LogP contribution in [-0.2, 0) is 9.59 Å². The lowest BCUT2D eigenvalue weighted by Gasteiger charge is -2.46. The molecule has 0 radical (unpaired) electrons. The van der Waals surface area contributed by atoms with E-state index in [0.717, 1.165) is 0 Å². The van der Waals surface area contributed by atoms with Crippen LogP contribution in [0, 0.1) is 0 Å². The number of rotatable bonds is 1. The van der Waals surface area contributed by atoms with Gasteiger partial charge in [0.05, 0.1) is 0 Å². The zero-order valence-corrected chi connectivity index (χ0v) is 10.5. The second-order valence-corrected chi connectivity index (χ2v) is 5.25. The molecule has 5 nitrogen and oxygen atoms in total. The van der Waals surface area contributed by atoms with Crippen molar-refractivity contribution < 1.29 is 9.59 Å². The number of hydrogen-bond donors (Lipinski definition) is 1. The van der Waals surface area contributed by atoms with Crippen molar-refractivity contribution in [1.82, 2.24) is 9.80 Å². The van der Waals surface area contributed by atoms with Crippen LogP contribution in [0.1, 0.15) is 27.7 Å². The largest absolute Gasteiger partial charge is 0.368 e. The first-order valence-electron chi connectivity index (χ1n) is 5.55. The van der Waals surface area contributed by atoms with Gasteiger partial charge in [0.2, 0.25) is 11.8 Å². The SMILES string of the molecule is CC(=O)N1CCN(C(C)(C)C)C(C(N)=O)C1. The first-order chi connectivity index (χ1) is 7.23. The van der Waals surface area contributed by atoms with E-state index in [2.05, 4.69) is 4.90 Å². The van der Waals surface area contributed by atoms with Gasteiger partial charge in [0.25, 0.3) is 0 Å². The van der Waals surface area contributed by atoms with Crippen molar-refractivity contribution >= 4 is 11.8 Å². The summed E-state index contributed by atoms with van der Waals surface area (Å²) < 4.78 is 0. The quantitative estimate of drug-likeness (QED) is 0.675. The first kappa shape index (κ1) is 13.0. The minimum atomic E-state index is -0.377. The van der Waals surface area contributed by atoms with E-state index in [4.69, 9.17) is 5.73 Å². The second kappa shape index (κ2) is 4.41. The Balaban J connectivity index is 2.84. The summed E-state index contributed by atoms with van der Waals surface area (Å²) in [5.74, 6) is -0.360. The van der Waals surface area contributed by atoms with E-state index < -0.39 is 0 Å². The summed E-state index contributed by atoms with van der Waals surface area (Å²) in [6.07, 6.45) is 0. The van der Waals surface area contributed by atoms with E-state index in [9.17, 15) is 9.59 Å². The maximum atomic E-state index is 11.4. The maximum absolute atomic E-state index is 11.4. The maximum Gasteiger partial charge on any atom is 0.236 e. The van der Waals surface area contributed by atoms with Gasteiger partial charge in [-0.2, -0.15) is 0 Å². The van der Waals surface area contributed by atoms with E-state index in [1.165, 1.54) is 6.92 Å². The minimum absolute atomic E-state index is 0.000177. The number of piperazine rings is 1. The highest BCUT2D eigenvalue weighted by atomic mass is 16.2. The molecular weight excluding hydrogens is 206 g/mol. The molecule has 0 spiro atoms. The lowest BCUT2D eigenvalue weighted by Crippen LogP contribution is -2.63. The zero-order chi connectivity index (χ0) is 12.5. The van der Waals surface area contributed by atoms with Gasteiger partial charge in [-0.3, -0.25) is 14.5 Å². The first-order valence-corrected chi connectivity index (χ1v) is 5.55. The van der Waals surface area contributed by atoms with Gasteiger partial charge >= 0.3 is 0 Å². The molecule has 1 fully saturated rings. The Morgan fingerprint density at radius 2 is 1.81 bits per heavy atom. The Hall–Kier alpha value is -1.10. The fourth-order valence-electron chi connectivity index (χ4n) is 2.12.